The molecule has 1 aliphatic carbocycles. The normalized spacial score (nSPS) is 17.4. The van der Waals surface area contributed by atoms with Crippen LogP contribution in [0.5, 0.6) is 0 Å². The van der Waals surface area contributed by atoms with E-state index >= 15 is 0 Å². The lowest BCUT2D eigenvalue weighted by atomic mass is 9.93. The highest BCUT2D eigenvalue weighted by Gasteiger charge is 2.27. The Morgan fingerprint density at radius 1 is 1.16 bits per heavy atom. The minimum Gasteiger partial charge on any atom is -0.442 e. The number of carbonyl (C=O) groups is 2. The summed E-state index contributed by atoms with van der Waals surface area (Å²) in [7, 11) is 0. The largest absolute Gasteiger partial charge is 0.442 e. The number of pyridine rings is 1. The molecule has 1 atom stereocenters. The number of rotatable bonds is 12. The molecule has 4 heterocycles. The Morgan fingerprint density at radius 2 is 1.93 bits per heavy atom. The highest BCUT2D eigenvalue weighted by molar-refractivity contribution is 7.13. The predicted octanol–water partition coefficient (Wildman–Crippen LogP) is 2.84. The van der Waals surface area contributed by atoms with E-state index in [4.69, 9.17) is 25.4 Å². The molecule has 4 aromatic heterocycles. The molecule has 4 aromatic rings. The molecule has 17 heteroatoms. The second-order valence-electron chi connectivity index (χ2n) is 10.4. The van der Waals surface area contributed by atoms with Crippen LogP contribution in [0.4, 0.5) is 14.5 Å². The summed E-state index contributed by atoms with van der Waals surface area (Å²) >= 11 is 1.17. The van der Waals surface area contributed by atoms with E-state index in [1.54, 1.807) is 17.1 Å². The number of halogens is 2. The molecule has 0 saturated heterocycles. The first-order chi connectivity index (χ1) is 21.6. The van der Waals surface area contributed by atoms with Crippen LogP contribution in [-0.4, -0.2) is 76.7 Å². The number of aliphatic hydroxyl groups is 2. The summed E-state index contributed by atoms with van der Waals surface area (Å²) < 4.78 is 42.6. The molecule has 45 heavy (non-hydrogen) atoms. The fourth-order valence-corrected chi connectivity index (χ4v) is 5.65. The van der Waals surface area contributed by atoms with Crippen molar-refractivity contribution in [1.29, 1.82) is 0 Å². The quantitative estimate of drug-likeness (QED) is 0.100. The van der Waals surface area contributed by atoms with Gasteiger partial charge in [-0.25, -0.2) is 19.0 Å². The Bertz CT molecular complexity index is 1630. The SMILES string of the molecule is CCOC1CCC(n2cc(NC(=O)c3csc(-c4cnn(COC(=O)C[C@H](N)C(O)O)c4)n3)c(-c3nc(F)ccc3F)n2)CC1. The van der Waals surface area contributed by atoms with E-state index in [9.17, 15) is 18.4 Å². The zero-order valence-corrected chi connectivity index (χ0v) is 25.0. The van der Waals surface area contributed by atoms with Gasteiger partial charge in [0.15, 0.2) is 18.8 Å². The number of carbonyl (C=O) groups excluding carboxylic acids is 2. The van der Waals surface area contributed by atoms with Crippen molar-refractivity contribution < 1.29 is 38.1 Å². The summed E-state index contributed by atoms with van der Waals surface area (Å²) in [5.74, 6) is -3.01. The van der Waals surface area contributed by atoms with E-state index in [2.05, 4.69) is 25.5 Å². The van der Waals surface area contributed by atoms with E-state index < -0.39 is 42.4 Å². The molecular weight excluding hydrogens is 614 g/mol. The topological polar surface area (TPSA) is 193 Å². The first-order valence-electron chi connectivity index (χ1n) is 14.2. The fraction of sp³-hybridized carbons (Fsp3) is 0.429. The van der Waals surface area contributed by atoms with Gasteiger partial charge in [0.05, 0.1) is 36.5 Å². The van der Waals surface area contributed by atoms with Crippen molar-refractivity contribution >= 4 is 28.9 Å². The molecule has 1 fully saturated rings. The maximum Gasteiger partial charge on any atom is 0.309 e. The van der Waals surface area contributed by atoms with Crippen LogP contribution in [-0.2, 0) is 21.0 Å². The Morgan fingerprint density at radius 3 is 2.67 bits per heavy atom. The number of esters is 1. The van der Waals surface area contributed by atoms with Crippen LogP contribution in [0.25, 0.3) is 22.0 Å². The minimum atomic E-state index is -1.85. The molecule has 0 aliphatic heterocycles. The van der Waals surface area contributed by atoms with Crippen molar-refractivity contribution in [1.82, 2.24) is 29.5 Å². The molecule has 0 spiro atoms. The fourth-order valence-electron chi connectivity index (χ4n) is 4.88. The monoisotopic (exact) mass is 646 g/mol. The van der Waals surface area contributed by atoms with Crippen LogP contribution < -0.4 is 11.1 Å². The van der Waals surface area contributed by atoms with E-state index in [1.807, 2.05) is 6.92 Å². The van der Waals surface area contributed by atoms with Crippen molar-refractivity contribution in [2.24, 2.45) is 5.73 Å². The van der Waals surface area contributed by atoms with Crippen LogP contribution in [0.2, 0.25) is 0 Å². The number of aliphatic hydroxyl groups excluding tert-OH is 1. The zero-order chi connectivity index (χ0) is 32.1. The predicted molar refractivity (Wildman–Crippen MR) is 156 cm³/mol. The molecular formula is C28H32F2N8O6S. The Labute approximate surface area is 259 Å². The van der Waals surface area contributed by atoms with Crippen molar-refractivity contribution in [2.45, 2.75) is 70.2 Å². The number of nitrogens with two attached hydrogens (primary N) is 1. The van der Waals surface area contributed by atoms with Crippen LogP contribution in [0.3, 0.4) is 0 Å². The third-order valence-corrected chi connectivity index (χ3v) is 8.09. The van der Waals surface area contributed by atoms with Crippen molar-refractivity contribution in [3.05, 3.63) is 53.6 Å². The van der Waals surface area contributed by atoms with Gasteiger partial charge in [0, 0.05) is 29.9 Å². The number of hydrogen-bond donors (Lipinski definition) is 4. The molecule has 1 aliphatic rings. The summed E-state index contributed by atoms with van der Waals surface area (Å²) in [5, 5.41) is 31.4. The maximum absolute atomic E-state index is 14.8. The lowest BCUT2D eigenvalue weighted by Gasteiger charge is -2.28. The van der Waals surface area contributed by atoms with Crippen molar-refractivity contribution in [3.8, 4) is 22.0 Å². The summed E-state index contributed by atoms with van der Waals surface area (Å²) in [6, 6.07) is 0.658. The molecule has 1 saturated carbocycles. The van der Waals surface area contributed by atoms with Gasteiger partial charge in [0.25, 0.3) is 5.91 Å². The summed E-state index contributed by atoms with van der Waals surface area (Å²) in [4.78, 5) is 33.2. The van der Waals surface area contributed by atoms with Crippen LogP contribution in [0, 0.1) is 11.8 Å². The van der Waals surface area contributed by atoms with Gasteiger partial charge in [-0.2, -0.15) is 14.6 Å². The minimum absolute atomic E-state index is 0.00647. The Kier molecular flexibility index (Phi) is 10.2. The van der Waals surface area contributed by atoms with Crippen molar-refractivity contribution in [3.63, 3.8) is 0 Å². The second kappa shape index (κ2) is 14.3. The third kappa shape index (κ3) is 7.93. The number of anilines is 1. The molecule has 0 unspecified atom stereocenters. The number of nitrogens with one attached hydrogen (secondary N) is 1. The van der Waals surface area contributed by atoms with Crippen LogP contribution in [0.15, 0.2) is 36.1 Å². The Balaban J connectivity index is 1.29. The molecule has 14 nitrogen and oxygen atoms in total. The molecule has 5 N–H and O–H groups in total. The maximum atomic E-state index is 14.8. The smallest absolute Gasteiger partial charge is 0.309 e. The number of aromatic nitrogens is 6. The standard InChI is InChI=1S/C28H32F2N8O6S/c1-2-43-17-5-3-16(4-6-17)38-12-20(25(36-38)24-18(29)7-8-22(30)35-24)33-26(40)21-13-45-27(34-21)15-10-32-37(11-15)14-44-23(39)9-19(31)28(41)42/h7-8,10-13,16-17,19,28,41-42H,2-6,9,14,31H2,1H3,(H,33,40)/t16?,17?,19-/m0/s1. The lowest BCUT2D eigenvalue weighted by Crippen LogP contribution is -2.36. The van der Waals surface area contributed by atoms with Gasteiger partial charge >= 0.3 is 5.97 Å². The van der Waals surface area contributed by atoms with E-state index in [0.29, 0.717) is 17.2 Å². The number of amides is 1. The average Bonchev–Trinajstić information content (AvgIpc) is 3.78. The number of thiazole rings is 1. The van der Waals surface area contributed by atoms with Gasteiger partial charge in [-0.3, -0.25) is 14.3 Å². The number of hydrogen-bond acceptors (Lipinski definition) is 12. The van der Waals surface area contributed by atoms with Gasteiger partial charge in [0.2, 0.25) is 5.95 Å². The highest BCUT2D eigenvalue weighted by Crippen LogP contribution is 2.34. The summed E-state index contributed by atoms with van der Waals surface area (Å²) in [6.07, 6.45) is 5.71. The summed E-state index contributed by atoms with van der Waals surface area (Å²) in [5.41, 5.74) is 5.86. The lowest BCUT2D eigenvalue weighted by molar-refractivity contribution is -0.151. The second-order valence-corrected chi connectivity index (χ2v) is 11.3. The molecule has 0 radical (unpaired) electrons. The third-order valence-electron chi connectivity index (χ3n) is 7.20. The van der Waals surface area contributed by atoms with Gasteiger partial charge in [-0.1, -0.05) is 0 Å². The van der Waals surface area contributed by atoms with Gasteiger partial charge in [-0.15, -0.1) is 11.3 Å². The number of ether oxygens (including phenoxy) is 2. The van der Waals surface area contributed by atoms with E-state index in [0.717, 1.165) is 37.8 Å². The van der Waals surface area contributed by atoms with Crippen LogP contribution >= 0.6 is 11.3 Å². The first kappa shape index (κ1) is 32.2. The summed E-state index contributed by atoms with van der Waals surface area (Å²) in [6.45, 7) is 2.33. The van der Waals surface area contributed by atoms with Crippen molar-refractivity contribution in [2.75, 3.05) is 11.9 Å². The van der Waals surface area contributed by atoms with E-state index in [-0.39, 0.29) is 41.6 Å². The van der Waals surface area contributed by atoms with Gasteiger partial charge in [-0.05, 0) is 44.7 Å². The van der Waals surface area contributed by atoms with E-state index in [1.165, 1.54) is 27.6 Å². The zero-order valence-electron chi connectivity index (χ0n) is 24.2. The Hall–Kier alpha value is -4.16. The van der Waals surface area contributed by atoms with Gasteiger partial charge in [0.1, 0.15) is 22.1 Å². The number of nitrogens with zero attached hydrogens (tertiary/aromatic N) is 6. The van der Waals surface area contributed by atoms with Gasteiger partial charge < -0.3 is 30.7 Å². The molecule has 0 bridgehead atoms. The molecule has 240 valence electrons. The molecule has 1 amide bonds. The van der Waals surface area contributed by atoms with Crippen LogP contribution in [0.1, 0.15) is 55.6 Å². The highest BCUT2D eigenvalue weighted by atomic mass is 32.1. The molecule has 0 aromatic carbocycles. The average molecular weight is 647 g/mol. The molecule has 5 rings (SSSR count). The first-order valence-corrected chi connectivity index (χ1v) is 15.1.